The Balaban J connectivity index is 1.59. The van der Waals surface area contributed by atoms with Crippen molar-refractivity contribution in [2.75, 3.05) is 25.0 Å². The number of amides is 2. The van der Waals surface area contributed by atoms with Gasteiger partial charge in [0, 0.05) is 36.9 Å². The Morgan fingerprint density at radius 2 is 1.91 bits per heavy atom. The molecule has 2 aromatic carbocycles. The molecule has 2 N–H and O–H groups in total. The summed E-state index contributed by atoms with van der Waals surface area (Å²) >= 11 is 0. The molecule has 1 aliphatic rings. The summed E-state index contributed by atoms with van der Waals surface area (Å²) < 4.78 is 28.4. The minimum absolute atomic E-state index is 0.0811. The number of aromatic nitrogens is 2. The molecule has 2 heterocycles. The highest BCUT2D eigenvalue weighted by atomic mass is 32.2. The monoisotopic (exact) mass is 484 g/mol. The van der Waals surface area contributed by atoms with Crippen LogP contribution < -0.4 is 10.6 Å². The molecule has 4 rings (SSSR count). The number of piperazine rings is 1. The molecule has 0 saturated carbocycles. The molecule has 34 heavy (non-hydrogen) atoms. The standard InChI is InChI=1S/C21H20N6O6S/c1-14-11-19(26(24-14)16-5-7-17(8-6-16)27(30)31)23-21(29)15-3-2-4-18(12-15)34(32,33)25-10-9-22-20(28)13-25/h2-8,11-12H,9-10,13H2,1H3,(H,22,28)(H,23,29). The summed E-state index contributed by atoms with van der Waals surface area (Å²) in [7, 11) is -3.96. The number of anilines is 1. The van der Waals surface area contributed by atoms with Crippen LogP contribution in [0, 0.1) is 17.0 Å². The van der Waals surface area contributed by atoms with Crippen LogP contribution >= 0.6 is 0 Å². The van der Waals surface area contributed by atoms with E-state index in [0.29, 0.717) is 17.2 Å². The van der Waals surface area contributed by atoms with Gasteiger partial charge in [0.15, 0.2) is 0 Å². The average Bonchev–Trinajstić information content (AvgIpc) is 3.19. The second kappa shape index (κ2) is 9.03. The van der Waals surface area contributed by atoms with Gasteiger partial charge in [-0.05, 0) is 37.3 Å². The summed E-state index contributed by atoms with van der Waals surface area (Å²) in [6.45, 7) is 1.79. The zero-order valence-corrected chi connectivity index (χ0v) is 18.8. The first kappa shape index (κ1) is 23.1. The summed E-state index contributed by atoms with van der Waals surface area (Å²) in [6.07, 6.45) is 0. The predicted molar refractivity (Wildman–Crippen MR) is 121 cm³/mol. The third-order valence-corrected chi connectivity index (χ3v) is 6.96. The minimum atomic E-state index is -3.96. The number of carbonyl (C=O) groups is 2. The van der Waals surface area contributed by atoms with Gasteiger partial charge in [-0.1, -0.05) is 6.07 Å². The third kappa shape index (κ3) is 4.65. The zero-order valence-electron chi connectivity index (χ0n) is 18.0. The van der Waals surface area contributed by atoms with Crippen LogP contribution in [0.1, 0.15) is 16.1 Å². The molecule has 1 aromatic heterocycles. The maximum atomic E-state index is 12.9. The number of rotatable bonds is 6. The first-order chi connectivity index (χ1) is 16.1. The lowest BCUT2D eigenvalue weighted by molar-refractivity contribution is -0.384. The van der Waals surface area contributed by atoms with Crippen molar-refractivity contribution in [1.29, 1.82) is 0 Å². The number of nitrogens with one attached hydrogen (secondary N) is 2. The second-order valence-electron chi connectivity index (χ2n) is 7.53. The lowest BCUT2D eigenvalue weighted by atomic mass is 10.2. The number of nitro groups is 1. The summed E-state index contributed by atoms with van der Waals surface area (Å²) in [4.78, 5) is 34.8. The molecule has 2 amide bonds. The van der Waals surface area contributed by atoms with Crippen LogP contribution in [-0.2, 0) is 14.8 Å². The average molecular weight is 484 g/mol. The summed E-state index contributed by atoms with van der Waals surface area (Å²) in [5, 5.41) is 20.5. The quantitative estimate of drug-likeness (QED) is 0.396. The first-order valence-electron chi connectivity index (χ1n) is 10.1. The van der Waals surface area contributed by atoms with Gasteiger partial charge in [-0.2, -0.15) is 9.40 Å². The molecule has 0 aliphatic carbocycles. The van der Waals surface area contributed by atoms with Crippen LogP contribution in [0.4, 0.5) is 11.5 Å². The first-order valence-corrected chi connectivity index (χ1v) is 11.6. The summed E-state index contributed by atoms with van der Waals surface area (Å²) in [5.74, 6) is -0.660. The van der Waals surface area contributed by atoms with E-state index in [1.54, 1.807) is 13.0 Å². The van der Waals surface area contributed by atoms with Gasteiger partial charge in [-0.25, -0.2) is 13.1 Å². The Morgan fingerprint density at radius 3 is 2.59 bits per heavy atom. The van der Waals surface area contributed by atoms with Crippen LogP contribution in [-0.4, -0.2) is 58.9 Å². The van der Waals surface area contributed by atoms with Crippen molar-refractivity contribution >= 4 is 33.3 Å². The van der Waals surface area contributed by atoms with Crippen molar-refractivity contribution in [1.82, 2.24) is 19.4 Å². The number of sulfonamides is 1. The number of benzene rings is 2. The second-order valence-corrected chi connectivity index (χ2v) is 9.46. The molecule has 176 valence electrons. The number of non-ortho nitro benzene ring substituents is 1. The van der Waals surface area contributed by atoms with Gasteiger partial charge in [-0.15, -0.1) is 0 Å². The van der Waals surface area contributed by atoms with Crippen molar-refractivity contribution < 1.29 is 22.9 Å². The van der Waals surface area contributed by atoms with Crippen LogP contribution in [0.3, 0.4) is 0 Å². The topological polar surface area (TPSA) is 157 Å². The van der Waals surface area contributed by atoms with E-state index in [1.807, 2.05) is 0 Å². The minimum Gasteiger partial charge on any atom is -0.354 e. The Kier molecular flexibility index (Phi) is 6.13. The third-order valence-electron chi connectivity index (χ3n) is 5.12. The number of carbonyl (C=O) groups excluding carboxylic acids is 2. The SMILES string of the molecule is Cc1cc(NC(=O)c2cccc(S(=O)(=O)N3CCNC(=O)C3)c2)n(-c2ccc([N+](=O)[O-])cc2)n1. The van der Waals surface area contributed by atoms with Crippen molar-refractivity contribution in [3.8, 4) is 5.69 Å². The molecule has 0 spiro atoms. The van der Waals surface area contributed by atoms with E-state index >= 15 is 0 Å². The highest BCUT2D eigenvalue weighted by molar-refractivity contribution is 7.89. The van der Waals surface area contributed by atoms with Gasteiger partial charge in [0.25, 0.3) is 11.6 Å². The molecule has 3 aromatic rings. The lowest BCUT2D eigenvalue weighted by Crippen LogP contribution is -2.49. The number of nitro benzene ring substituents is 1. The molecule has 1 fully saturated rings. The van der Waals surface area contributed by atoms with Crippen LogP contribution in [0.15, 0.2) is 59.5 Å². The van der Waals surface area contributed by atoms with Crippen molar-refractivity contribution in [2.24, 2.45) is 0 Å². The van der Waals surface area contributed by atoms with Gasteiger partial charge < -0.3 is 10.6 Å². The number of nitrogens with zero attached hydrogens (tertiary/aromatic N) is 4. The van der Waals surface area contributed by atoms with E-state index in [0.717, 1.165) is 4.31 Å². The molecule has 0 bridgehead atoms. The van der Waals surface area contributed by atoms with Crippen LogP contribution in [0.5, 0.6) is 0 Å². The highest BCUT2D eigenvalue weighted by Gasteiger charge is 2.29. The maximum absolute atomic E-state index is 12.9. The van der Waals surface area contributed by atoms with Gasteiger partial charge >= 0.3 is 0 Å². The van der Waals surface area contributed by atoms with Crippen LogP contribution in [0.2, 0.25) is 0 Å². The largest absolute Gasteiger partial charge is 0.354 e. The summed E-state index contributed by atoms with van der Waals surface area (Å²) in [6, 6.07) is 12.8. The van der Waals surface area contributed by atoms with Crippen molar-refractivity contribution in [3.05, 3.63) is 76.0 Å². The van der Waals surface area contributed by atoms with Crippen LogP contribution in [0.25, 0.3) is 5.69 Å². The maximum Gasteiger partial charge on any atom is 0.269 e. The molecule has 1 saturated heterocycles. The van der Waals surface area contributed by atoms with E-state index in [9.17, 15) is 28.1 Å². The van der Waals surface area contributed by atoms with Gasteiger partial charge in [0.05, 0.1) is 27.7 Å². The smallest absolute Gasteiger partial charge is 0.269 e. The van der Waals surface area contributed by atoms with Gasteiger partial charge in [0.2, 0.25) is 15.9 Å². The Bertz CT molecular complexity index is 1380. The lowest BCUT2D eigenvalue weighted by Gasteiger charge is -2.26. The normalized spacial score (nSPS) is 14.4. The zero-order chi connectivity index (χ0) is 24.5. The molecule has 1 aliphatic heterocycles. The van der Waals surface area contributed by atoms with Crippen molar-refractivity contribution in [2.45, 2.75) is 11.8 Å². The predicted octanol–water partition coefficient (Wildman–Crippen LogP) is 1.46. The molecular formula is C21H20N6O6S. The number of hydrogen-bond acceptors (Lipinski definition) is 7. The number of aryl methyl sites for hydroxylation is 1. The molecule has 13 heteroatoms. The molecule has 0 unspecified atom stereocenters. The van der Waals surface area contributed by atoms with E-state index < -0.39 is 26.8 Å². The van der Waals surface area contributed by atoms with Gasteiger partial charge in [0.1, 0.15) is 5.82 Å². The van der Waals surface area contributed by atoms with E-state index in [4.69, 9.17) is 0 Å². The molecule has 0 atom stereocenters. The number of hydrogen-bond donors (Lipinski definition) is 2. The van der Waals surface area contributed by atoms with E-state index in [2.05, 4.69) is 15.7 Å². The summed E-state index contributed by atoms with van der Waals surface area (Å²) in [5.41, 5.74) is 1.10. The molecule has 12 nitrogen and oxygen atoms in total. The van der Waals surface area contributed by atoms with E-state index in [1.165, 1.54) is 53.2 Å². The molecular weight excluding hydrogens is 464 g/mol. The van der Waals surface area contributed by atoms with E-state index in [-0.39, 0.29) is 35.8 Å². The van der Waals surface area contributed by atoms with Crippen molar-refractivity contribution in [3.63, 3.8) is 0 Å². The fourth-order valence-corrected chi connectivity index (χ4v) is 4.90. The van der Waals surface area contributed by atoms with Gasteiger partial charge in [-0.3, -0.25) is 19.7 Å². The molecule has 0 radical (unpaired) electrons. The Labute approximate surface area is 194 Å². The fraction of sp³-hybridized carbons (Fsp3) is 0.190. The Morgan fingerprint density at radius 1 is 1.18 bits per heavy atom. The highest BCUT2D eigenvalue weighted by Crippen LogP contribution is 2.22. The fourth-order valence-electron chi connectivity index (χ4n) is 3.46. The Hall–Kier alpha value is -4.10.